The lowest BCUT2D eigenvalue weighted by Gasteiger charge is -2.16. The lowest BCUT2D eigenvalue weighted by atomic mass is 10.1. The fourth-order valence-corrected chi connectivity index (χ4v) is 3.31. The van der Waals surface area contributed by atoms with E-state index in [1.165, 1.54) is 61.1 Å². The number of nitrogens with zero attached hydrogens (tertiary/aromatic N) is 3. The molecular weight excluding hydrogens is 472 g/mol. The van der Waals surface area contributed by atoms with Gasteiger partial charge in [-0.2, -0.15) is 0 Å². The van der Waals surface area contributed by atoms with E-state index in [0.29, 0.717) is 16.4 Å². The van der Waals surface area contributed by atoms with Crippen LogP contribution in [-0.2, 0) is 0 Å². The lowest BCUT2D eigenvalue weighted by Crippen LogP contribution is -2.27. The minimum atomic E-state index is -0.705. The van der Waals surface area contributed by atoms with Gasteiger partial charge in [0, 0.05) is 65.2 Å². The van der Waals surface area contributed by atoms with Gasteiger partial charge < -0.3 is 38.3 Å². The highest BCUT2D eigenvalue weighted by Crippen LogP contribution is 2.38. The molecule has 12 heteroatoms. The molecule has 0 saturated carbocycles. The van der Waals surface area contributed by atoms with Crippen LogP contribution < -0.4 is 19.8 Å². The van der Waals surface area contributed by atoms with Crippen LogP contribution in [0.25, 0.3) is 32.8 Å². The molecular formula is C24H24N4O8. The van der Waals surface area contributed by atoms with Crippen LogP contribution in [-0.4, -0.2) is 80.2 Å². The van der Waals surface area contributed by atoms with E-state index in [0.717, 1.165) is 0 Å². The van der Waals surface area contributed by atoms with Gasteiger partial charge in [0.1, 0.15) is 16.9 Å². The third kappa shape index (κ3) is 4.48. The molecule has 3 amide bonds. The van der Waals surface area contributed by atoms with Crippen LogP contribution in [0.1, 0.15) is 0 Å². The Kier molecular flexibility index (Phi) is 6.19. The Morgan fingerprint density at radius 2 is 1.31 bits per heavy atom. The summed E-state index contributed by atoms with van der Waals surface area (Å²) in [6.07, 6.45) is -1.97. The first-order chi connectivity index (χ1) is 17.0. The van der Waals surface area contributed by atoms with Gasteiger partial charge in [-0.15, -0.1) is 0 Å². The molecule has 0 unspecified atom stereocenters. The van der Waals surface area contributed by atoms with Crippen molar-refractivity contribution in [2.75, 3.05) is 42.3 Å². The molecule has 0 radical (unpaired) electrons. The van der Waals surface area contributed by atoms with Gasteiger partial charge in [-0.05, 0) is 18.2 Å². The minimum Gasteiger partial charge on any atom is -0.455 e. The summed E-state index contributed by atoms with van der Waals surface area (Å²) in [6.45, 7) is 0. The summed E-state index contributed by atoms with van der Waals surface area (Å²) in [5.41, 5.74) is 0.365. The average Bonchev–Trinajstić information content (AvgIpc) is 3.19. The molecule has 2 aromatic carbocycles. The molecule has 4 rings (SSSR count). The predicted molar refractivity (Wildman–Crippen MR) is 131 cm³/mol. The van der Waals surface area contributed by atoms with Crippen LogP contribution in [0.15, 0.2) is 39.5 Å². The Hall–Kier alpha value is -4.74. The number of fused-ring (bicyclic) bond motifs is 5. The minimum absolute atomic E-state index is 0.0502. The quantitative estimate of drug-likeness (QED) is 0.455. The molecule has 36 heavy (non-hydrogen) atoms. The normalized spacial score (nSPS) is 10.9. The van der Waals surface area contributed by atoms with E-state index in [4.69, 9.17) is 18.6 Å². The fourth-order valence-electron chi connectivity index (χ4n) is 3.31. The molecule has 0 aliphatic carbocycles. The van der Waals surface area contributed by atoms with E-state index in [9.17, 15) is 19.2 Å². The third-order valence-electron chi connectivity index (χ3n) is 5.16. The SMILES string of the molecule is CN(C)C(=O)Oc1ccc2c(c1)oc1c3cc(OC(=O)N(C)C)c(OC(=O)N(C)C)cc3[nH]c(=O)c21. The average molecular weight is 496 g/mol. The number of pyridine rings is 1. The van der Waals surface area contributed by atoms with E-state index < -0.39 is 23.8 Å². The van der Waals surface area contributed by atoms with Crippen LogP contribution in [0.4, 0.5) is 14.4 Å². The monoisotopic (exact) mass is 496 g/mol. The summed E-state index contributed by atoms with van der Waals surface area (Å²) in [5, 5.41) is 1.15. The molecule has 1 N–H and O–H groups in total. The first-order valence-electron chi connectivity index (χ1n) is 10.7. The summed E-state index contributed by atoms with van der Waals surface area (Å²) in [4.78, 5) is 55.8. The number of hydrogen-bond acceptors (Lipinski definition) is 8. The number of ether oxygens (including phenoxy) is 3. The highest BCUT2D eigenvalue weighted by Gasteiger charge is 2.22. The summed E-state index contributed by atoms with van der Waals surface area (Å²) in [7, 11) is 9.11. The number of carbonyl (C=O) groups excluding carboxylic acids is 3. The number of hydrogen-bond donors (Lipinski definition) is 1. The number of aromatic nitrogens is 1. The van der Waals surface area contributed by atoms with Crippen LogP contribution >= 0.6 is 0 Å². The second kappa shape index (κ2) is 9.13. The number of rotatable bonds is 3. The molecule has 0 aliphatic rings. The Morgan fingerprint density at radius 1 is 0.750 bits per heavy atom. The van der Waals surface area contributed by atoms with Crippen molar-refractivity contribution < 1.29 is 33.0 Å². The summed E-state index contributed by atoms with van der Waals surface area (Å²) in [5.74, 6) is 0.116. The van der Waals surface area contributed by atoms with Gasteiger partial charge in [0.15, 0.2) is 11.5 Å². The number of H-pyrrole nitrogens is 1. The summed E-state index contributed by atoms with van der Waals surface area (Å²) in [6, 6.07) is 7.50. The Balaban J connectivity index is 1.92. The van der Waals surface area contributed by atoms with Gasteiger partial charge in [0.25, 0.3) is 5.56 Å². The second-order valence-electron chi connectivity index (χ2n) is 8.55. The maximum atomic E-state index is 13.0. The Bertz CT molecular complexity index is 1580. The predicted octanol–water partition coefficient (Wildman–Crippen LogP) is 3.61. The number of furan rings is 1. The zero-order valence-electron chi connectivity index (χ0n) is 20.5. The van der Waals surface area contributed by atoms with E-state index in [-0.39, 0.29) is 33.7 Å². The summed E-state index contributed by atoms with van der Waals surface area (Å²) >= 11 is 0. The van der Waals surface area contributed by atoms with Gasteiger partial charge in [0.05, 0.1) is 10.9 Å². The van der Waals surface area contributed by atoms with Crippen molar-refractivity contribution >= 4 is 51.1 Å². The van der Waals surface area contributed by atoms with Crippen molar-refractivity contribution in [3.8, 4) is 17.2 Å². The van der Waals surface area contributed by atoms with Crippen LogP contribution in [0.2, 0.25) is 0 Å². The smallest absolute Gasteiger partial charge is 0.414 e. The highest BCUT2D eigenvalue weighted by molar-refractivity contribution is 6.14. The molecule has 4 aromatic rings. The standard InChI is InChI=1S/C24H24N4O8/c1-26(2)22(30)33-12-7-8-13-16(9-12)34-20-14-10-17(35-23(31)27(3)4)18(36-24(32)28(5)6)11-15(14)25-21(29)19(13)20/h7-11H,1-6H3,(H,25,29). The first-order valence-corrected chi connectivity index (χ1v) is 10.7. The molecule has 0 fully saturated rings. The van der Waals surface area contributed by atoms with E-state index >= 15 is 0 Å². The highest BCUT2D eigenvalue weighted by atomic mass is 16.6. The van der Waals surface area contributed by atoms with Crippen LogP contribution in [0, 0.1) is 0 Å². The van der Waals surface area contributed by atoms with Crippen molar-refractivity contribution in [2.45, 2.75) is 0 Å². The second-order valence-corrected chi connectivity index (χ2v) is 8.55. The maximum Gasteiger partial charge on any atom is 0.414 e. The van der Waals surface area contributed by atoms with Gasteiger partial charge in [-0.3, -0.25) is 4.79 Å². The third-order valence-corrected chi connectivity index (χ3v) is 5.16. The van der Waals surface area contributed by atoms with Crippen molar-refractivity contribution in [1.29, 1.82) is 0 Å². The van der Waals surface area contributed by atoms with Crippen molar-refractivity contribution in [2.24, 2.45) is 0 Å². The molecule has 2 heterocycles. The number of benzene rings is 2. The van der Waals surface area contributed by atoms with E-state index in [1.807, 2.05) is 0 Å². The van der Waals surface area contributed by atoms with Gasteiger partial charge in [-0.25, -0.2) is 14.4 Å². The largest absolute Gasteiger partial charge is 0.455 e. The zero-order chi connectivity index (χ0) is 26.3. The zero-order valence-corrected chi connectivity index (χ0v) is 20.5. The van der Waals surface area contributed by atoms with Crippen molar-refractivity contribution in [3.05, 3.63) is 40.7 Å². The molecule has 188 valence electrons. The summed E-state index contributed by atoms with van der Waals surface area (Å²) < 4.78 is 22.1. The number of amides is 3. The van der Waals surface area contributed by atoms with Crippen LogP contribution in [0.3, 0.4) is 0 Å². The molecule has 0 aliphatic heterocycles. The first kappa shape index (κ1) is 24.4. The number of aromatic amines is 1. The molecule has 0 atom stereocenters. The molecule has 12 nitrogen and oxygen atoms in total. The van der Waals surface area contributed by atoms with Gasteiger partial charge >= 0.3 is 18.3 Å². The van der Waals surface area contributed by atoms with E-state index in [1.54, 1.807) is 26.2 Å². The fraction of sp³-hybridized carbons (Fsp3) is 0.250. The topological polar surface area (TPSA) is 135 Å². The molecule has 2 aromatic heterocycles. The molecule has 0 saturated heterocycles. The van der Waals surface area contributed by atoms with Crippen molar-refractivity contribution in [3.63, 3.8) is 0 Å². The Labute approximate surface area is 204 Å². The molecule has 0 spiro atoms. The molecule has 0 bridgehead atoms. The van der Waals surface area contributed by atoms with Crippen LogP contribution in [0.5, 0.6) is 17.2 Å². The number of nitrogens with one attached hydrogen (secondary N) is 1. The van der Waals surface area contributed by atoms with Gasteiger partial charge in [-0.1, -0.05) is 0 Å². The van der Waals surface area contributed by atoms with E-state index in [2.05, 4.69) is 4.98 Å². The Morgan fingerprint density at radius 3 is 1.89 bits per heavy atom. The number of carbonyl (C=O) groups is 3. The lowest BCUT2D eigenvalue weighted by molar-refractivity contribution is 0.161. The maximum absolute atomic E-state index is 13.0. The van der Waals surface area contributed by atoms with Crippen molar-refractivity contribution in [1.82, 2.24) is 19.7 Å². The van der Waals surface area contributed by atoms with Gasteiger partial charge in [0.2, 0.25) is 0 Å².